The number of hydrogen-bond acceptors (Lipinski definition) is 4. The van der Waals surface area contributed by atoms with Gasteiger partial charge in [0.1, 0.15) is 16.2 Å². The largest absolute Gasteiger partial charge is 0.456 e. The molecule has 0 fully saturated rings. The van der Waals surface area contributed by atoms with E-state index in [1.807, 2.05) is 6.07 Å². The number of benzene rings is 9. The number of nitrogens with zero attached hydrogens (tertiary/aromatic N) is 2. The van der Waals surface area contributed by atoms with E-state index >= 15 is 0 Å². The van der Waals surface area contributed by atoms with Crippen LogP contribution in [0.2, 0.25) is 0 Å². The second-order valence-corrected chi connectivity index (χ2v) is 15.4. The van der Waals surface area contributed by atoms with Crippen molar-refractivity contribution in [3.63, 3.8) is 0 Å². The molecule has 0 bridgehead atoms. The van der Waals surface area contributed by atoms with Gasteiger partial charge in [0.2, 0.25) is 0 Å². The van der Waals surface area contributed by atoms with Crippen LogP contribution in [0.3, 0.4) is 0 Å². The van der Waals surface area contributed by atoms with Crippen LogP contribution in [-0.2, 0) is 0 Å². The molecule has 0 saturated heterocycles. The molecule has 268 valence electrons. The summed E-state index contributed by atoms with van der Waals surface area (Å²) in [4.78, 5) is 7.32. The van der Waals surface area contributed by atoms with Crippen molar-refractivity contribution in [2.45, 2.75) is 0 Å². The molecule has 0 unspecified atom stereocenters. The van der Waals surface area contributed by atoms with Crippen molar-refractivity contribution in [1.82, 2.24) is 4.98 Å². The molecule has 0 aliphatic rings. The van der Waals surface area contributed by atoms with Gasteiger partial charge in [0.15, 0.2) is 0 Å². The van der Waals surface area contributed by atoms with Crippen LogP contribution in [0.4, 0.5) is 17.1 Å². The Balaban J connectivity index is 1.000. The lowest BCUT2D eigenvalue weighted by Crippen LogP contribution is -2.10. The van der Waals surface area contributed by atoms with Gasteiger partial charge in [-0.3, -0.25) is 0 Å². The van der Waals surface area contributed by atoms with Crippen LogP contribution in [0.15, 0.2) is 211 Å². The van der Waals surface area contributed by atoms with Crippen molar-refractivity contribution >= 4 is 71.3 Å². The van der Waals surface area contributed by atoms with Crippen LogP contribution in [0, 0.1) is 0 Å². The molecular weight excluding hydrogens is 713 g/mol. The zero-order valence-electron chi connectivity index (χ0n) is 30.8. The fourth-order valence-corrected chi connectivity index (χ4v) is 9.08. The molecule has 0 N–H and O–H groups in total. The number of fused-ring (bicyclic) bond motifs is 5. The summed E-state index contributed by atoms with van der Waals surface area (Å²) in [6, 6.07) is 73.5. The molecular formula is C53H34N2OS. The van der Waals surface area contributed by atoms with E-state index in [0.29, 0.717) is 0 Å². The summed E-state index contributed by atoms with van der Waals surface area (Å²) in [5, 5.41) is 5.64. The molecule has 4 heteroatoms. The van der Waals surface area contributed by atoms with Crippen LogP contribution < -0.4 is 4.90 Å². The van der Waals surface area contributed by atoms with E-state index in [4.69, 9.17) is 9.40 Å². The molecule has 0 spiro atoms. The summed E-state index contributed by atoms with van der Waals surface area (Å²) in [5.74, 6) is 0. The zero-order chi connectivity index (χ0) is 37.7. The van der Waals surface area contributed by atoms with Crippen molar-refractivity contribution in [1.29, 1.82) is 0 Å². The SMILES string of the molecule is c1ccc(-c2ccc(N(c3ccc(-c4ccc5oc6cc7nc(-c8ccccc8)sc7cc6c5c4)cc3)c3ccc(-c4ccccc4)c4ccccc34)cc2)cc1. The van der Waals surface area contributed by atoms with Gasteiger partial charge in [-0.2, -0.15) is 0 Å². The van der Waals surface area contributed by atoms with Crippen molar-refractivity contribution in [2.24, 2.45) is 0 Å². The fraction of sp³-hybridized carbons (Fsp3) is 0. The number of hydrogen-bond donors (Lipinski definition) is 0. The third-order valence-corrected chi connectivity index (χ3v) is 12.0. The van der Waals surface area contributed by atoms with E-state index in [2.05, 4.69) is 205 Å². The first-order chi connectivity index (χ1) is 28.2. The summed E-state index contributed by atoms with van der Waals surface area (Å²) < 4.78 is 7.53. The minimum atomic E-state index is 0.856. The molecule has 2 aromatic heterocycles. The lowest BCUT2D eigenvalue weighted by molar-refractivity contribution is 0.669. The van der Waals surface area contributed by atoms with E-state index < -0.39 is 0 Å². The van der Waals surface area contributed by atoms with Crippen molar-refractivity contribution in [3.05, 3.63) is 206 Å². The zero-order valence-corrected chi connectivity index (χ0v) is 31.7. The average Bonchev–Trinajstić information content (AvgIpc) is 3.87. The Morgan fingerprint density at radius 1 is 0.386 bits per heavy atom. The smallest absolute Gasteiger partial charge is 0.137 e. The maximum Gasteiger partial charge on any atom is 0.137 e. The highest BCUT2D eigenvalue weighted by Gasteiger charge is 2.19. The highest BCUT2D eigenvalue weighted by molar-refractivity contribution is 7.21. The standard InChI is InChI=1S/C53H34N2OS/c1-4-12-35(13-5-1)36-20-25-41(26-21-36)55(49-30-29-43(38-14-6-2-7-15-38)44-18-10-11-19-45(44)49)42-27-22-37(23-28-42)40-24-31-50-46(32-40)47-33-52-48(34-51(47)56-50)54-53(57-52)39-16-8-3-9-17-39/h1-34H. The topological polar surface area (TPSA) is 29.3 Å². The predicted molar refractivity (Wildman–Crippen MR) is 241 cm³/mol. The molecule has 0 saturated carbocycles. The Morgan fingerprint density at radius 3 is 1.61 bits per heavy atom. The second kappa shape index (κ2) is 13.8. The van der Waals surface area contributed by atoms with Gasteiger partial charge < -0.3 is 9.32 Å². The first kappa shape index (κ1) is 33.1. The predicted octanol–water partition coefficient (Wildman–Crippen LogP) is 15.5. The minimum absolute atomic E-state index is 0.856. The Bertz CT molecular complexity index is 3210. The summed E-state index contributed by atoms with van der Waals surface area (Å²) >= 11 is 1.72. The van der Waals surface area contributed by atoms with Gasteiger partial charge in [-0.25, -0.2) is 4.98 Å². The Morgan fingerprint density at radius 2 is 0.930 bits per heavy atom. The van der Waals surface area contributed by atoms with E-state index in [9.17, 15) is 0 Å². The monoisotopic (exact) mass is 746 g/mol. The van der Waals surface area contributed by atoms with Gasteiger partial charge in [0.25, 0.3) is 0 Å². The average molecular weight is 747 g/mol. The Kier molecular flexibility index (Phi) is 8.01. The first-order valence-electron chi connectivity index (χ1n) is 19.2. The van der Waals surface area contributed by atoms with Crippen LogP contribution in [0.25, 0.3) is 86.9 Å². The van der Waals surface area contributed by atoms with Gasteiger partial charge >= 0.3 is 0 Å². The molecule has 0 aliphatic heterocycles. The van der Waals surface area contributed by atoms with Gasteiger partial charge in [0.05, 0.1) is 15.9 Å². The van der Waals surface area contributed by atoms with Crippen molar-refractivity contribution < 1.29 is 4.42 Å². The van der Waals surface area contributed by atoms with E-state index in [0.717, 1.165) is 70.9 Å². The fourth-order valence-electron chi connectivity index (χ4n) is 8.09. The van der Waals surface area contributed by atoms with Gasteiger partial charge in [-0.1, -0.05) is 152 Å². The van der Waals surface area contributed by atoms with Gasteiger partial charge in [-0.05, 0) is 87.3 Å². The van der Waals surface area contributed by atoms with Gasteiger partial charge in [0, 0.05) is 39.2 Å². The van der Waals surface area contributed by atoms with Crippen LogP contribution in [0.5, 0.6) is 0 Å². The number of furan rings is 1. The van der Waals surface area contributed by atoms with E-state index in [-0.39, 0.29) is 0 Å². The van der Waals surface area contributed by atoms with Crippen LogP contribution in [-0.4, -0.2) is 4.98 Å². The third-order valence-electron chi connectivity index (χ3n) is 10.9. The summed E-state index contributed by atoms with van der Waals surface area (Å²) in [7, 11) is 0. The van der Waals surface area contributed by atoms with Crippen molar-refractivity contribution in [2.75, 3.05) is 4.90 Å². The Labute approximate surface area is 334 Å². The molecule has 0 amide bonds. The molecule has 57 heavy (non-hydrogen) atoms. The lowest BCUT2D eigenvalue weighted by Gasteiger charge is -2.28. The van der Waals surface area contributed by atoms with Crippen molar-refractivity contribution in [3.8, 4) is 44.0 Å². The molecule has 0 aliphatic carbocycles. The normalized spacial score (nSPS) is 11.5. The molecule has 3 nitrogen and oxygen atoms in total. The molecule has 9 aromatic carbocycles. The second-order valence-electron chi connectivity index (χ2n) is 14.4. The number of anilines is 3. The quantitative estimate of drug-likeness (QED) is 0.163. The minimum Gasteiger partial charge on any atom is -0.456 e. The summed E-state index contributed by atoms with van der Waals surface area (Å²) in [6.07, 6.45) is 0. The highest BCUT2D eigenvalue weighted by atomic mass is 32.1. The summed E-state index contributed by atoms with van der Waals surface area (Å²) in [6.45, 7) is 0. The molecule has 2 heterocycles. The maximum atomic E-state index is 6.38. The maximum absolute atomic E-state index is 6.38. The number of thiazole rings is 1. The van der Waals surface area contributed by atoms with E-state index in [1.54, 1.807) is 11.3 Å². The Hall–Kier alpha value is -7.27. The van der Waals surface area contributed by atoms with Crippen LogP contribution in [0.1, 0.15) is 0 Å². The number of rotatable bonds is 7. The van der Waals surface area contributed by atoms with Crippen LogP contribution >= 0.6 is 11.3 Å². The molecule has 0 atom stereocenters. The first-order valence-corrected chi connectivity index (χ1v) is 20.0. The highest BCUT2D eigenvalue weighted by Crippen LogP contribution is 2.43. The third kappa shape index (κ3) is 5.95. The number of aromatic nitrogens is 1. The molecule has 0 radical (unpaired) electrons. The molecule has 11 aromatic rings. The lowest BCUT2D eigenvalue weighted by atomic mass is 9.96. The van der Waals surface area contributed by atoms with E-state index in [1.165, 1.54) is 33.0 Å². The molecule has 11 rings (SSSR count). The summed E-state index contributed by atoms with van der Waals surface area (Å²) in [5.41, 5.74) is 14.2. The van der Waals surface area contributed by atoms with Gasteiger partial charge in [-0.15, -0.1) is 11.3 Å².